The maximum atomic E-state index is 13.3. The van der Waals surface area contributed by atoms with Gasteiger partial charge in [0, 0.05) is 30.0 Å². The number of benzene rings is 3. The molecule has 6 nitrogen and oxygen atoms in total. The molecular formula is C28H27Cl2F6N3O3. The highest BCUT2D eigenvalue weighted by molar-refractivity contribution is 6.31. The molecule has 0 unspecified atom stereocenters. The molecule has 0 radical (unpaired) electrons. The second kappa shape index (κ2) is 13.7. The van der Waals surface area contributed by atoms with Crippen LogP contribution in [0.2, 0.25) is 10.0 Å². The first kappa shape index (κ1) is 33.2. The predicted molar refractivity (Wildman–Crippen MR) is 150 cm³/mol. The largest absolute Gasteiger partial charge is 0.493 e. The lowest BCUT2D eigenvalue weighted by Gasteiger charge is -2.20. The number of halogens is 8. The minimum atomic E-state index is -4.73. The average molecular weight is 638 g/mol. The van der Waals surface area contributed by atoms with Crippen LogP contribution in [0.5, 0.6) is 11.5 Å². The van der Waals surface area contributed by atoms with Crippen molar-refractivity contribution in [3.8, 4) is 11.5 Å². The molecular weight excluding hydrogens is 611 g/mol. The summed E-state index contributed by atoms with van der Waals surface area (Å²) in [7, 11) is 3.64. The van der Waals surface area contributed by atoms with Gasteiger partial charge in [-0.2, -0.15) is 26.3 Å². The van der Waals surface area contributed by atoms with Crippen LogP contribution in [0.3, 0.4) is 0 Å². The summed E-state index contributed by atoms with van der Waals surface area (Å²) in [5.74, 6) is -0.372. The summed E-state index contributed by atoms with van der Waals surface area (Å²) in [5, 5.41) is 4.36. The van der Waals surface area contributed by atoms with Crippen LogP contribution in [0.25, 0.3) is 0 Å². The van der Waals surface area contributed by atoms with Gasteiger partial charge in [-0.15, -0.1) is 0 Å². The number of anilines is 2. The second-order valence-corrected chi connectivity index (χ2v) is 10.0. The zero-order chi connectivity index (χ0) is 31.2. The molecule has 2 N–H and O–H groups in total. The summed E-state index contributed by atoms with van der Waals surface area (Å²) in [6.45, 7) is 2.48. The molecule has 0 saturated heterocycles. The smallest absolute Gasteiger partial charge is 0.417 e. The number of rotatable bonds is 11. The van der Waals surface area contributed by atoms with Gasteiger partial charge in [-0.25, -0.2) is 0 Å². The van der Waals surface area contributed by atoms with Crippen molar-refractivity contribution in [2.24, 2.45) is 0 Å². The molecule has 0 atom stereocenters. The molecule has 0 aliphatic rings. The van der Waals surface area contributed by atoms with E-state index in [1.807, 2.05) is 19.0 Å². The standard InChI is InChI=1S/C28H27Cl2F6N3O3/c1-4-41-24-11-16(26(40)38-18-6-8-23(30)21(14-18)28(34,35)36)12-25(42-10-9-39(2)3)19(24)15-37-17-5-7-22(29)20(13-17)27(31,32)33/h5-8,11-14,37H,4,9-10,15H2,1-3H3,(H,38,40). The van der Waals surface area contributed by atoms with E-state index in [9.17, 15) is 31.1 Å². The number of alkyl halides is 6. The molecule has 0 heterocycles. The lowest BCUT2D eigenvalue weighted by molar-refractivity contribution is -0.138. The Balaban J connectivity index is 1.97. The van der Waals surface area contributed by atoms with Gasteiger partial charge in [-0.05, 0) is 69.6 Å². The number of ether oxygens (including phenoxy) is 2. The van der Waals surface area contributed by atoms with E-state index in [-0.39, 0.29) is 48.2 Å². The zero-order valence-electron chi connectivity index (χ0n) is 22.6. The number of nitrogens with zero attached hydrogens (tertiary/aromatic N) is 1. The lowest BCUT2D eigenvalue weighted by Crippen LogP contribution is -2.20. The van der Waals surface area contributed by atoms with E-state index in [0.717, 1.165) is 24.3 Å². The van der Waals surface area contributed by atoms with Crippen LogP contribution in [0.4, 0.5) is 37.7 Å². The molecule has 1 amide bonds. The molecule has 0 aliphatic carbocycles. The van der Waals surface area contributed by atoms with Crippen LogP contribution < -0.4 is 20.1 Å². The van der Waals surface area contributed by atoms with Crippen molar-refractivity contribution < 1.29 is 40.6 Å². The quantitative estimate of drug-likeness (QED) is 0.207. The average Bonchev–Trinajstić information content (AvgIpc) is 2.88. The summed E-state index contributed by atoms with van der Waals surface area (Å²) < 4.78 is 91.6. The molecule has 3 rings (SSSR count). The van der Waals surface area contributed by atoms with E-state index in [4.69, 9.17) is 32.7 Å². The zero-order valence-corrected chi connectivity index (χ0v) is 24.2. The molecule has 3 aromatic rings. The van der Waals surface area contributed by atoms with Crippen molar-refractivity contribution in [2.75, 3.05) is 44.5 Å². The number of carbonyl (C=O) groups excluding carboxylic acids is 1. The number of amides is 1. The van der Waals surface area contributed by atoms with Gasteiger partial charge in [0.15, 0.2) is 0 Å². The Morgan fingerprint density at radius 3 is 1.88 bits per heavy atom. The molecule has 228 valence electrons. The first-order chi connectivity index (χ1) is 19.6. The summed E-state index contributed by atoms with van der Waals surface area (Å²) >= 11 is 11.4. The number of likely N-dealkylation sites (N-methyl/N-ethyl adjacent to an activating group) is 1. The van der Waals surface area contributed by atoms with E-state index in [2.05, 4.69) is 10.6 Å². The number of carbonyl (C=O) groups is 1. The molecule has 0 fully saturated rings. The normalized spacial score (nSPS) is 11.9. The molecule has 0 spiro atoms. The minimum absolute atomic E-state index is 0.0106. The first-order valence-corrected chi connectivity index (χ1v) is 13.2. The van der Waals surface area contributed by atoms with Gasteiger partial charge in [0.2, 0.25) is 0 Å². The third-order valence-corrected chi connectivity index (χ3v) is 6.46. The molecule has 0 bridgehead atoms. The third-order valence-electron chi connectivity index (χ3n) is 5.80. The van der Waals surface area contributed by atoms with Crippen molar-refractivity contribution in [3.05, 3.63) is 80.8 Å². The Morgan fingerprint density at radius 2 is 1.36 bits per heavy atom. The Morgan fingerprint density at radius 1 is 0.833 bits per heavy atom. The molecule has 0 aliphatic heterocycles. The number of hydrogen-bond donors (Lipinski definition) is 2. The highest BCUT2D eigenvalue weighted by Gasteiger charge is 2.34. The third kappa shape index (κ3) is 8.83. The maximum Gasteiger partial charge on any atom is 0.417 e. The van der Waals surface area contributed by atoms with Gasteiger partial charge in [0.25, 0.3) is 5.91 Å². The van der Waals surface area contributed by atoms with E-state index >= 15 is 0 Å². The minimum Gasteiger partial charge on any atom is -0.493 e. The maximum absolute atomic E-state index is 13.3. The fourth-order valence-corrected chi connectivity index (χ4v) is 4.19. The van der Waals surface area contributed by atoms with E-state index in [1.54, 1.807) is 6.92 Å². The van der Waals surface area contributed by atoms with Crippen molar-refractivity contribution >= 4 is 40.5 Å². The number of nitrogens with one attached hydrogen (secondary N) is 2. The van der Waals surface area contributed by atoms with Crippen LogP contribution in [0.1, 0.15) is 34.0 Å². The van der Waals surface area contributed by atoms with Crippen molar-refractivity contribution in [3.63, 3.8) is 0 Å². The first-order valence-electron chi connectivity index (χ1n) is 12.5. The fraction of sp³-hybridized carbons (Fsp3) is 0.321. The summed E-state index contributed by atoms with van der Waals surface area (Å²) in [5.41, 5.74) is -1.72. The second-order valence-electron chi connectivity index (χ2n) is 9.23. The SMILES string of the molecule is CCOc1cc(C(=O)Nc2ccc(Cl)c(C(F)(F)F)c2)cc(OCCN(C)C)c1CNc1ccc(Cl)c(C(F)(F)F)c1. The molecule has 42 heavy (non-hydrogen) atoms. The predicted octanol–water partition coefficient (Wildman–Crippen LogP) is 8.23. The van der Waals surface area contributed by atoms with Crippen LogP contribution >= 0.6 is 23.2 Å². The van der Waals surface area contributed by atoms with E-state index in [0.29, 0.717) is 12.1 Å². The Bertz CT molecular complexity index is 1410. The molecule has 0 aromatic heterocycles. The molecule has 14 heteroatoms. The Hall–Kier alpha value is -3.35. The highest BCUT2D eigenvalue weighted by Crippen LogP contribution is 2.38. The monoisotopic (exact) mass is 637 g/mol. The van der Waals surface area contributed by atoms with Crippen molar-refractivity contribution in [1.29, 1.82) is 0 Å². The van der Waals surface area contributed by atoms with Gasteiger partial charge in [-0.3, -0.25) is 4.79 Å². The van der Waals surface area contributed by atoms with Gasteiger partial charge in [0.05, 0.1) is 33.3 Å². The topological polar surface area (TPSA) is 62.8 Å². The van der Waals surface area contributed by atoms with Crippen LogP contribution in [0.15, 0.2) is 48.5 Å². The van der Waals surface area contributed by atoms with Crippen molar-refractivity contribution in [1.82, 2.24) is 4.90 Å². The fourth-order valence-electron chi connectivity index (χ4n) is 3.74. The molecule has 0 saturated carbocycles. The van der Waals surface area contributed by atoms with Gasteiger partial charge in [-0.1, -0.05) is 23.2 Å². The summed E-state index contributed by atoms with van der Waals surface area (Å²) in [6.07, 6.45) is -9.39. The van der Waals surface area contributed by atoms with Gasteiger partial charge in [0.1, 0.15) is 18.1 Å². The van der Waals surface area contributed by atoms with Crippen LogP contribution in [-0.4, -0.2) is 44.7 Å². The van der Waals surface area contributed by atoms with Crippen molar-refractivity contribution in [2.45, 2.75) is 25.8 Å². The summed E-state index contributed by atoms with van der Waals surface area (Å²) in [6, 6.07) is 9.11. The van der Waals surface area contributed by atoms with E-state index in [1.165, 1.54) is 24.3 Å². The Kier molecular flexibility index (Phi) is 10.9. The summed E-state index contributed by atoms with van der Waals surface area (Å²) in [4.78, 5) is 15.0. The van der Waals surface area contributed by atoms with Crippen LogP contribution in [-0.2, 0) is 18.9 Å². The number of hydrogen-bond acceptors (Lipinski definition) is 5. The van der Waals surface area contributed by atoms with Gasteiger partial charge < -0.3 is 25.0 Å². The highest BCUT2D eigenvalue weighted by atomic mass is 35.5. The Labute approximate surface area is 248 Å². The lowest BCUT2D eigenvalue weighted by atomic mass is 10.1. The van der Waals surface area contributed by atoms with E-state index < -0.39 is 39.4 Å². The molecule has 3 aromatic carbocycles. The van der Waals surface area contributed by atoms with Gasteiger partial charge >= 0.3 is 12.4 Å². The van der Waals surface area contributed by atoms with Crippen LogP contribution in [0, 0.1) is 0 Å².